The Morgan fingerprint density at radius 2 is 1.46 bits per heavy atom. The summed E-state index contributed by atoms with van der Waals surface area (Å²) in [4.78, 5) is 41.2. The van der Waals surface area contributed by atoms with E-state index in [0.29, 0.717) is 31.6 Å². The quantitative estimate of drug-likeness (QED) is 0.0762. The molecule has 2 rings (SSSR count). The molecule has 0 unspecified atom stereocenters. The van der Waals surface area contributed by atoms with Crippen molar-refractivity contribution < 1.29 is 15.8 Å². The number of amides is 1. The van der Waals surface area contributed by atoms with Crippen molar-refractivity contribution in [3.05, 3.63) is 45.2 Å². The van der Waals surface area contributed by atoms with Gasteiger partial charge in [-0.1, -0.05) is 118 Å². The SMILES string of the molecule is C.C.C=O.CC.CCCC/C=C\C/C=C\CCCCCCCCN1CCc2c(sc(CCC(=O)CCCCC)c2C(=O)NCCCN(C)C)C1.[HH]. The van der Waals surface area contributed by atoms with E-state index >= 15 is 0 Å². The largest absolute Gasteiger partial charge is 0.352 e. The first-order valence-electron chi connectivity index (χ1n) is 19.3. The number of allylic oxidation sites excluding steroid dienone is 4. The van der Waals surface area contributed by atoms with Gasteiger partial charge in [0.2, 0.25) is 0 Å². The number of rotatable bonds is 26. The van der Waals surface area contributed by atoms with Crippen molar-refractivity contribution in [3.8, 4) is 0 Å². The highest BCUT2D eigenvalue weighted by Crippen LogP contribution is 2.34. The molecular formula is C43H83N3O3S. The van der Waals surface area contributed by atoms with Crippen LogP contribution in [-0.4, -0.2) is 68.6 Å². The maximum absolute atomic E-state index is 13.4. The maximum Gasteiger partial charge on any atom is 0.252 e. The monoisotopic (exact) mass is 722 g/mol. The molecule has 0 radical (unpaired) electrons. The second-order valence-electron chi connectivity index (χ2n) is 13.0. The van der Waals surface area contributed by atoms with Crippen LogP contribution in [0.5, 0.6) is 0 Å². The molecule has 294 valence electrons. The van der Waals surface area contributed by atoms with Gasteiger partial charge in [0.1, 0.15) is 12.6 Å². The van der Waals surface area contributed by atoms with Crippen molar-refractivity contribution in [2.24, 2.45) is 0 Å². The normalized spacial score (nSPS) is 12.4. The van der Waals surface area contributed by atoms with Crippen LogP contribution in [0, 0.1) is 0 Å². The lowest BCUT2D eigenvalue weighted by Gasteiger charge is -2.27. The van der Waals surface area contributed by atoms with Crippen molar-refractivity contribution in [2.75, 3.05) is 40.3 Å². The number of aryl methyl sites for hydroxylation is 1. The number of nitrogens with one attached hydrogen (secondary N) is 1. The minimum atomic E-state index is 0. The minimum absolute atomic E-state index is 0. The lowest BCUT2D eigenvalue weighted by molar-refractivity contribution is -0.119. The van der Waals surface area contributed by atoms with E-state index in [1.807, 2.05) is 20.6 Å². The fourth-order valence-corrected chi connectivity index (χ4v) is 7.31. The predicted molar refractivity (Wildman–Crippen MR) is 225 cm³/mol. The highest BCUT2D eigenvalue weighted by molar-refractivity contribution is 7.12. The van der Waals surface area contributed by atoms with Gasteiger partial charge in [0.05, 0.1) is 5.56 Å². The molecule has 0 fully saturated rings. The molecule has 0 bridgehead atoms. The molecule has 0 aliphatic carbocycles. The van der Waals surface area contributed by atoms with E-state index in [9.17, 15) is 9.59 Å². The molecule has 0 atom stereocenters. The number of fused-ring (bicyclic) bond motifs is 1. The molecule has 1 N–H and O–H groups in total. The van der Waals surface area contributed by atoms with Gasteiger partial charge in [0, 0.05) is 43.7 Å². The van der Waals surface area contributed by atoms with Crippen LogP contribution in [0.15, 0.2) is 24.3 Å². The molecule has 1 aliphatic heterocycles. The molecule has 0 spiro atoms. The van der Waals surface area contributed by atoms with Crippen LogP contribution in [0.2, 0.25) is 0 Å². The van der Waals surface area contributed by atoms with Gasteiger partial charge in [-0.25, -0.2) is 0 Å². The molecule has 0 aromatic carbocycles. The van der Waals surface area contributed by atoms with E-state index in [1.54, 1.807) is 11.3 Å². The summed E-state index contributed by atoms with van der Waals surface area (Å²) in [6, 6.07) is 0. The maximum atomic E-state index is 13.4. The molecule has 1 aromatic heterocycles. The molecule has 2 heterocycles. The van der Waals surface area contributed by atoms with E-state index < -0.39 is 0 Å². The summed E-state index contributed by atoms with van der Waals surface area (Å²) >= 11 is 1.80. The highest BCUT2D eigenvalue weighted by Gasteiger charge is 2.27. The molecular weight excluding hydrogens is 639 g/mol. The standard InChI is InChI=1S/C38H65N3O2S.C2H6.CH2O.2CH4.H2/c1-5-7-9-10-11-12-13-14-15-16-17-18-19-20-22-30-41-31-27-34-36(32-41)44-35(26-25-33(42)24-21-8-6-2)37(34)38(43)39-28-23-29-40(3)4;2*1-2;;;/h10-11,13-14H,5-9,12,15-32H2,1-4H3,(H,39,43);1-2H3;1H2;2*1H4;1H/b11-10-,14-13-;;;;;. The van der Waals surface area contributed by atoms with Gasteiger partial charge in [-0.2, -0.15) is 0 Å². The van der Waals surface area contributed by atoms with Gasteiger partial charge in [0.25, 0.3) is 5.91 Å². The topological polar surface area (TPSA) is 69.7 Å². The lowest BCUT2D eigenvalue weighted by atomic mass is 9.98. The number of carbonyl (C=O) groups excluding carboxylic acids is 3. The number of hydrogen-bond acceptors (Lipinski definition) is 6. The average Bonchev–Trinajstić information content (AvgIpc) is 3.47. The van der Waals surface area contributed by atoms with Crippen LogP contribution >= 0.6 is 11.3 Å². The molecule has 1 amide bonds. The van der Waals surface area contributed by atoms with Crippen LogP contribution in [0.25, 0.3) is 0 Å². The molecule has 50 heavy (non-hydrogen) atoms. The van der Waals surface area contributed by atoms with E-state index in [0.717, 1.165) is 75.1 Å². The third kappa shape index (κ3) is 25.0. The summed E-state index contributed by atoms with van der Waals surface area (Å²) in [5.41, 5.74) is 2.15. The Kier molecular flexibility index (Phi) is 38.4. The zero-order valence-electron chi connectivity index (χ0n) is 32.0. The van der Waals surface area contributed by atoms with Gasteiger partial charge >= 0.3 is 0 Å². The fraction of sp³-hybridized carbons (Fsp3) is 0.744. The number of ketones is 1. The smallest absolute Gasteiger partial charge is 0.252 e. The molecule has 6 nitrogen and oxygen atoms in total. The van der Waals surface area contributed by atoms with Gasteiger partial charge in [0.15, 0.2) is 0 Å². The zero-order valence-corrected chi connectivity index (χ0v) is 32.8. The van der Waals surface area contributed by atoms with Crippen molar-refractivity contribution in [3.63, 3.8) is 0 Å². The summed E-state index contributed by atoms with van der Waals surface area (Å²) < 4.78 is 0. The zero-order chi connectivity index (χ0) is 35.8. The summed E-state index contributed by atoms with van der Waals surface area (Å²) in [6.07, 6.45) is 30.3. The molecule has 1 aromatic rings. The van der Waals surface area contributed by atoms with Gasteiger partial charge in [-0.15, -0.1) is 11.3 Å². The molecule has 0 saturated carbocycles. The van der Waals surface area contributed by atoms with Crippen LogP contribution in [0.4, 0.5) is 0 Å². The number of Topliss-reactive ketones (excluding diaryl/α,β-unsaturated/α-hetero) is 1. The number of nitrogens with zero attached hydrogens (tertiary/aromatic N) is 2. The summed E-state index contributed by atoms with van der Waals surface area (Å²) in [5.74, 6) is 0.406. The first kappa shape index (κ1) is 52.3. The first-order valence-corrected chi connectivity index (χ1v) is 20.2. The van der Waals surface area contributed by atoms with E-state index in [4.69, 9.17) is 4.79 Å². The third-order valence-electron chi connectivity index (χ3n) is 8.62. The van der Waals surface area contributed by atoms with Crippen molar-refractivity contribution in [1.29, 1.82) is 0 Å². The Balaban J connectivity index is -0.00000152. The van der Waals surface area contributed by atoms with Gasteiger partial charge in [-0.05, 0) is 90.5 Å². The molecule has 0 saturated heterocycles. The summed E-state index contributed by atoms with van der Waals surface area (Å²) in [5, 5.41) is 3.19. The van der Waals surface area contributed by atoms with E-state index in [2.05, 4.69) is 67.4 Å². The lowest BCUT2D eigenvalue weighted by Crippen LogP contribution is -2.32. The van der Waals surface area contributed by atoms with E-state index in [-0.39, 0.29) is 22.2 Å². The third-order valence-corrected chi connectivity index (χ3v) is 9.90. The second kappa shape index (κ2) is 36.7. The van der Waals surface area contributed by atoms with Crippen LogP contribution < -0.4 is 5.32 Å². The number of hydrogen-bond donors (Lipinski definition) is 1. The average molecular weight is 722 g/mol. The van der Waals surface area contributed by atoms with Crippen molar-refractivity contribution >= 4 is 29.8 Å². The van der Waals surface area contributed by atoms with Gasteiger partial charge in [-0.3, -0.25) is 14.5 Å². The summed E-state index contributed by atoms with van der Waals surface area (Å²) in [7, 11) is 4.13. The van der Waals surface area contributed by atoms with Crippen molar-refractivity contribution in [2.45, 2.75) is 171 Å². The van der Waals surface area contributed by atoms with Crippen LogP contribution in [0.3, 0.4) is 0 Å². The fourth-order valence-electron chi connectivity index (χ4n) is 5.91. The Bertz CT molecular complexity index is 1010. The van der Waals surface area contributed by atoms with Crippen LogP contribution in [-0.2, 0) is 29.0 Å². The Morgan fingerprint density at radius 1 is 0.840 bits per heavy atom. The van der Waals surface area contributed by atoms with Crippen molar-refractivity contribution in [1.82, 2.24) is 15.1 Å². The number of thiophene rings is 1. The second-order valence-corrected chi connectivity index (χ2v) is 14.2. The van der Waals surface area contributed by atoms with Gasteiger partial charge < -0.3 is 15.0 Å². The Hall–Kier alpha value is -2.09. The Labute approximate surface area is 316 Å². The summed E-state index contributed by atoms with van der Waals surface area (Å²) in [6.45, 7) is 15.2. The van der Waals surface area contributed by atoms with E-state index in [1.165, 1.54) is 74.6 Å². The molecule has 7 heteroatoms. The number of unbranched alkanes of at least 4 members (excludes halogenated alkanes) is 10. The minimum Gasteiger partial charge on any atom is -0.352 e. The highest BCUT2D eigenvalue weighted by atomic mass is 32.1. The Morgan fingerprint density at radius 3 is 2.10 bits per heavy atom. The number of carbonyl (C=O) groups is 3. The molecule has 1 aliphatic rings. The predicted octanol–water partition coefficient (Wildman–Crippen LogP) is 11.7. The van der Waals surface area contributed by atoms with Crippen LogP contribution in [0.1, 0.15) is 179 Å². The first-order chi connectivity index (χ1) is 23.5.